The first-order chi connectivity index (χ1) is 13.1. The number of aromatic nitrogens is 1. The van der Waals surface area contributed by atoms with E-state index in [2.05, 4.69) is 9.88 Å². The van der Waals surface area contributed by atoms with Gasteiger partial charge in [0.15, 0.2) is 6.20 Å². The molecule has 2 aliphatic heterocycles. The van der Waals surface area contributed by atoms with E-state index in [-0.39, 0.29) is 23.8 Å². The third kappa shape index (κ3) is 3.71. The molecule has 7 nitrogen and oxygen atoms in total. The summed E-state index contributed by atoms with van der Waals surface area (Å²) in [5.41, 5.74) is 1.57. The van der Waals surface area contributed by atoms with E-state index in [4.69, 9.17) is 9.47 Å². The Hall–Kier alpha value is -2.74. The number of ether oxygens (including phenoxy) is 2. The second-order valence-electron chi connectivity index (χ2n) is 6.77. The minimum absolute atomic E-state index is 0.0231. The number of pyridine rings is 1. The molecule has 2 atom stereocenters. The van der Waals surface area contributed by atoms with Crippen LogP contribution in [0.15, 0.2) is 36.5 Å². The Morgan fingerprint density at radius 3 is 2.89 bits per heavy atom. The standard InChI is InChI=1S/C19H20FN3O4/c20-13-3-5-18(27-15-7-9-26-12-15)16(10-13)17-2-1-8-22(17)14-4-6-19(21-11-14)23(24)25/h3-6,10-11,15,17H,1-2,7-9,12H2. The van der Waals surface area contributed by atoms with Crippen LogP contribution in [0.3, 0.4) is 0 Å². The molecule has 8 heteroatoms. The van der Waals surface area contributed by atoms with Gasteiger partial charge in [0.05, 0.1) is 24.9 Å². The molecule has 0 amide bonds. The summed E-state index contributed by atoms with van der Waals surface area (Å²) in [5, 5.41) is 10.8. The number of nitrogens with zero attached hydrogens (tertiary/aromatic N) is 3. The zero-order valence-electron chi connectivity index (χ0n) is 14.7. The van der Waals surface area contributed by atoms with Crippen LogP contribution in [-0.2, 0) is 4.74 Å². The van der Waals surface area contributed by atoms with Crippen LogP contribution < -0.4 is 9.64 Å². The molecule has 2 fully saturated rings. The van der Waals surface area contributed by atoms with Gasteiger partial charge in [-0.25, -0.2) is 4.39 Å². The lowest BCUT2D eigenvalue weighted by atomic mass is 10.0. The molecule has 1 aromatic heterocycles. The Morgan fingerprint density at radius 1 is 1.30 bits per heavy atom. The lowest BCUT2D eigenvalue weighted by molar-refractivity contribution is -0.389. The Kier molecular flexibility index (Phi) is 4.89. The third-order valence-corrected chi connectivity index (χ3v) is 5.02. The van der Waals surface area contributed by atoms with E-state index < -0.39 is 4.92 Å². The zero-order valence-corrected chi connectivity index (χ0v) is 14.7. The van der Waals surface area contributed by atoms with E-state index in [1.165, 1.54) is 24.4 Å². The summed E-state index contributed by atoms with van der Waals surface area (Å²) in [6.07, 6.45) is 4.07. The number of halogens is 1. The second kappa shape index (κ2) is 7.48. The summed E-state index contributed by atoms with van der Waals surface area (Å²) >= 11 is 0. The van der Waals surface area contributed by atoms with E-state index >= 15 is 0 Å². The number of hydrogen-bond donors (Lipinski definition) is 0. The van der Waals surface area contributed by atoms with Crippen LogP contribution in [-0.4, -0.2) is 35.8 Å². The lowest BCUT2D eigenvalue weighted by Gasteiger charge is -2.28. The van der Waals surface area contributed by atoms with Crippen molar-refractivity contribution in [2.75, 3.05) is 24.7 Å². The van der Waals surface area contributed by atoms with Crippen molar-refractivity contribution < 1.29 is 18.8 Å². The largest absolute Gasteiger partial charge is 0.488 e. The van der Waals surface area contributed by atoms with Gasteiger partial charge in [-0.1, -0.05) is 0 Å². The maximum absolute atomic E-state index is 14.0. The third-order valence-electron chi connectivity index (χ3n) is 5.02. The van der Waals surface area contributed by atoms with Crippen molar-refractivity contribution in [1.29, 1.82) is 0 Å². The summed E-state index contributed by atoms with van der Waals surface area (Å²) < 4.78 is 25.5. The van der Waals surface area contributed by atoms with E-state index in [1.807, 2.05) is 0 Å². The highest BCUT2D eigenvalue weighted by Crippen LogP contribution is 2.40. The van der Waals surface area contributed by atoms with Crippen LogP contribution in [0.1, 0.15) is 30.9 Å². The van der Waals surface area contributed by atoms with Crippen LogP contribution >= 0.6 is 0 Å². The maximum atomic E-state index is 14.0. The normalized spacial score (nSPS) is 22.2. The molecule has 4 rings (SSSR count). The lowest BCUT2D eigenvalue weighted by Crippen LogP contribution is -2.24. The maximum Gasteiger partial charge on any atom is 0.363 e. The highest BCUT2D eigenvalue weighted by molar-refractivity contribution is 5.52. The average molecular weight is 373 g/mol. The summed E-state index contributed by atoms with van der Waals surface area (Å²) in [6.45, 7) is 1.98. The van der Waals surface area contributed by atoms with Gasteiger partial charge >= 0.3 is 5.82 Å². The van der Waals surface area contributed by atoms with E-state index in [0.717, 1.165) is 37.1 Å². The second-order valence-corrected chi connectivity index (χ2v) is 6.77. The van der Waals surface area contributed by atoms with Gasteiger partial charge in [-0.15, -0.1) is 0 Å². The van der Waals surface area contributed by atoms with Gasteiger partial charge in [0, 0.05) is 24.6 Å². The highest BCUT2D eigenvalue weighted by Gasteiger charge is 2.31. The van der Waals surface area contributed by atoms with Crippen LogP contribution in [0.5, 0.6) is 5.75 Å². The van der Waals surface area contributed by atoms with Crippen molar-refractivity contribution in [2.24, 2.45) is 0 Å². The molecule has 2 saturated heterocycles. The van der Waals surface area contributed by atoms with Crippen molar-refractivity contribution >= 4 is 11.5 Å². The van der Waals surface area contributed by atoms with Crippen molar-refractivity contribution in [2.45, 2.75) is 31.4 Å². The van der Waals surface area contributed by atoms with Gasteiger partial charge in [0.1, 0.15) is 17.7 Å². The zero-order chi connectivity index (χ0) is 18.8. The summed E-state index contributed by atoms with van der Waals surface area (Å²) in [5.74, 6) is 0.165. The minimum atomic E-state index is -0.520. The molecule has 2 aromatic rings. The fourth-order valence-electron chi connectivity index (χ4n) is 3.73. The fraction of sp³-hybridized carbons (Fsp3) is 0.421. The molecular formula is C19H20FN3O4. The molecule has 0 saturated carbocycles. The smallest absolute Gasteiger partial charge is 0.363 e. The van der Waals surface area contributed by atoms with Gasteiger partial charge in [0.25, 0.3) is 0 Å². The summed E-state index contributed by atoms with van der Waals surface area (Å²) in [6, 6.07) is 7.61. The molecule has 0 N–H and O–H groups in total. The number of anilines is 1. The van der Waals surface area contributed by atoms with Gasteiger partial charge in [-0.3, -0.25) is 0 Å². The predicted octanol–water partition coefficient (Wildman–Crippen LogP) is 3.64. The van der Waals surface area contributed by atoms with E-state index in [9.17, 15) is 14.5 Å². The quantitative estimate of drug-likeness (QED) is 0.588. The Balaban J connectivity index is 1.62. The molecule has 3 heterocycles. The molecule has 0 radical (unpaired) electrons. The molecule has 2 unspecified atom stereocenters. The van der Waals surface area contributed by atoms with Crippen LogP contribution in [0.4, 0.5) is 15.9 Å². The number of rotatable bonds is 5. The van der Waals surface area contributed by atoms with Crippen molar-refractivity contribution in [1.82, 2.24) is 4.98 Å². The van der Waals surface area contributed by atoms with Crippen molar-refractivity contribution in [3.8, 4) is 5.75 Å². The first kappa shape index (κ1) is 17.7. The SMILES string of the molecule is O=[N+]([O-])c1ccc(N2CCCC2c2cc(F)ccc2OC2CCOC2)cn1. The first-order valence-electron chi connectivity index (χ1n) is 9.03. The average Bonchev–Trinajstić information content (AvgIpc) is 3.35. The van der Waals surface area contributed by atoms with E-state index in [1.54, 1.807) is 12.1 Å². The molecule has 1 aromatic carbocycles. The molecule has 0 aliphatic carbocycles. The van der Waals surface area contributed by atoms with Crippen LogP contribution in [0.2, 0.25) is 0 Å². The first-order valence-corrected chi connectivity index (χ1v) is 9.03. The molecule has 27 heavy (non-hydrogen) atoms. The number of benzene rings is 1. The van der Waals surface area contributed by atoms with Crippen LogP contribution in [0, 0.1) is 15.9 Å². The molecule has 0 bridgehead atoms. The Labute approximate surface area is 155 Å². The van der Waals surface area contributed by atoms with Gasteiger partial charge in [-0.05, 0) is 47.0 Å². The van der Waals surface area contributed by atoms with Crippen molar-refractivity contribution in [3.05, 3.63) is 58.0 Å². The number of nitro groups is 1. The van der Waals surface area contributed by atoms with Crippen molar-refractivity contribution in [3.63, 3.8) is 0 Å². The van der Waals surface area contributed by atoms with Gasteiger partial charge in [0.2, 0.25) is 0 Å². The molecule has 142 valence electrons. The molecule has 0 spiro atoms. The monoisotopic (exact) mass is 373 g/mol. The van der Waals surface area contributed by atoms with Gasteiger partial charge in [-0.2, -0.15) is 0 Å². The van der Waals surface area contributed by atoms with E-state index in [0.29, 0.717) is 19.0 Å². The summed E-state index contributed by atoms with van der Waals surface area (Å²) in [7, 11) is 0. The van der Waals surface area contributed by atoms with Gasteiger partial charge < -0.3 is 24.5 Å². The minimum Gasteiger partial charge on any atom is -0.488 e. The Morgan fingerprint density at radius 2 is 2.19 bits per heavy atom. The van der Waals surface area contributed by atoms with Crippen LogP contribution in [0.25, 0.3) is 0 Å². The topological polar surface area (TPSA) is 77.7 Å². The fourth-order valence-corrected chi connectivity index (χ4v) is 3.73. The molecular weight excluding hydrogens is 353 g/mol. The number of hydrogen-bond acceptors (Lipinski definition) is 6. The Bertz CT molecular complexity index is 824. The molecule has 2 aliphatic rings. The highest BCUT2D eigenvalue weighted by atomic mass is 19.1. The summed E-state index contributed by atoms with van der Waals surface area (Å²) in [4.78, 5) is 16.3. The predicted molar refractivity (Wildman–Crippen MR) is 96.5 cm³/mol.